The van der Waals surface area contributed by atoms with Gasteiger partial charge in [-0.15, -0.1) is 6.42 Å². The number of terminal acetylenes is 1. The van der Waals surface area contributed by atoms with Crippen molar-refractivity contribution in [2.45, 2.75) is 57.6 Å². The molecule has 3 saturated heterocycles. The first-order valence-corrected chi connectivity index (χ1v) is 19.9. The van der Waals surface area contributed by atoms with Crippen molar-refractivity contribution in [2.75, 3.05) is 71.1 Å². The van der Waals surface area contributed by atoms with E-state index in [0.29, 0.717) is 42.3 Å². The number of hydrogen-bond donors (Lipinski definition) is 2. The van der Waals surface area contributed by atoms with Gasteiger partial charge in [0.2, 0.25) is 11.8 Å². The molecule has 2 aromatic carbocycles. The summed E-state index contributed by atoms with van der Waals surface area (Å²) in [6.45, 7) is 8.25. The maximum Gasteiger partial charge on any atom is 0.319 e. The normalized spacial score (nSPS) is 28.6. The molecule has 9 rings (SSSR count). The number of ether oxygens (including phenoxy) is 3. The summed E-state index contributed by atoms with van der Waals surface area (Å²) in [5.74, 6) is 2.82. The number of benzene rings is 2. The quantitative estimate of drug-likeness (QED) is 0.230. The Kier molecular flexibility index (Phi) is 9.41. The highest BCUT2D eigenvalue weighted by atomic mass is 19.1. The summed E-state index contributed by atoms with van der Waals surface area (Å²) >= 11 is 0. The van der Waals surface area contributed by atoms with E-state index in [1.165, 1.54) is 31.4 Å². The van der Waals surface area contributed by atoms with Crippen LogP contribution < -0.4 is 14.4 Å². The molecule has 2 N–H and O–H groups in total. The van der Waals surface area contributed by atoms with Crippen LogP contribution in [0.4, 0.5) is 14.6 Å². The molecular formula is C43H48F2N6O6. The predicted molar refractivity (Wildman–Crippen MR) is 209 cm³/mol. The summed E-state index contributed by atoms with van der Waals surface area (Å²) in [4.78, 5) is 32.6. The van der Waals surface area contributed by atoms with Crippen molar-refractivity contribution in [1.29, 1.82) is 0 Å². The molecule has 3 aliphatic heterocycles. The molecule has 14 heteroatoms. The molecule has 5 heterocycles. The van der Waals surface area contributed by atoms with Gasteiger partial charge in [-0.25, -0.2) is 13.8 Å². The Balaban J connectivity index is 1.11. The highest BCUT2D eigenvalue weighted by Gasteiger charge is 2.58. The maximum absolute atomic E-state index is 17.4. The zero-order chi connectivity index (χ0) is 39.8. The summed E-state index contributed by atoms with van der Waals surface area (Å²) in [6, 6.07) is 5.68. The van der Waals surface area contributed by atoms with Gasteiger partial charge in [-0.3, -0.25) is 9.69 Å². The number of methoxy groups -OCH3 is 1. The van der Waals surface area contributed by atoms with Crippen molar-refractivity contribution in [1.82, 2.24) is 24.8 Å². The topological polar surface area (TPSA) is 134 Å². The number of carbonyl (C=O) groups is 1. The highest BCUT2D eigenvalue weighted by Crippen LogP contribution is 2.55. The Morgan fingerprint density at radius 3 is 2.65 bits per heavy atom. The van der Waals surface area contributed by atoms with Gasteiger partial charge in [0.05, 0.1) is 39.0 Å². The number of fused-ring (bicyclic) bond motifs is 4. The van der Waals surface area contributed by atoms with Crippen LogP contribution in [0.1, 0.15) is 51.5 Å². The summed E-state index contributed by atoms with van der Waals surface area (Å²) in [5.41, 5.74) is -1.83. The van der Waals surface area contributed by atoms with Gasteiger partial charge < -0.3 is 34.2 Å². The number of rotatable bonds is 8. The molecular weight excluding hydrogens is 735 g/mol. The third-order valence-corrected chi connectivity index (χ3v) is 13.3. The highest BCUT2D eigenvalue weighted by molar-refractivity contribution is 6.04. The average Bonchev–Trinajstić information content (AvgIpc) is 3.47. The molecule has 0 radical (unpaired) electrons. The number of amides is 1. The second-order valence-corrected chi connectivity index (χ2v) is 17.0. The number of aromatic hydroxyl groups is 1. The molecule has 5 aliphatic rings. The number of phenolic OH excluding ortho intramolecular Hbond substituents is 1. The average molecular weight is 783 g/mol. The molecule has 0 spiro atoms. The van der Waals surface area contributed by atoms with E-state index in [0.717, 1.165) is 58.3 Å². The molecule has 1 amide bonds. The molecule has 57 heavy (non-hydrogen) atoms. The van der Waals surface area contributed by atoms with E-state index in [9.17, 15) is 15.0 Å². The van der Waals surface area contributed by atoms with Crippen LogP contribution in [0.25, 0.3) is 32.9 Å². The maximum atomic E-state index is 17.4. The Morgan fingerprint density at radius 1 is 1.11 bits per heavy atom. The Morgan fingerprint density at radius 2 is 1.89 bits per heavy atom. The smallest absolute Gasteiger partial charge is 0.319 e. The number of halogens is 2. The number of carbonyl (C=O) groups excluding carboxylic acids is 1. The number of aliphatic hydroxyl groups is 1. The van der Waals surface area contributed by atoms with Crippen LogP contribution in [0.2, 0.25) is 0 Å². The zero-order valence-electron chi connectivity index (χ0n) is 32.6. The van der Waals surface area contributed by atoms with Crippen molar-refractivity contribution in [3.05, 3.63) is 41.5 Å². The van der Waals surface area contributed by atoms with E-state index in [-0.39, 0.29) is 87.6 Å². The van der Waals surface area contributed by atoms with E-state index in [2.05, 4.69) is 15.8 Å². The fourth-order valence-corrected chi connectivity index (χ4v) is 10.5. The molecule has 2 aliphatic carbocycles. The van der Waals surface area contributed by atoms with Crippen molar-refractivity contribution in [3.63, 3.8) is 0 Å². The SMILES string of the molecule is C#Cc1c(F)ccc2cc(O)cc(-c3nc(OC)c4c(N5CCOC[C@@](C)(O)C5)nc(OC[C@]56CCC[C@H]5N(CC5[C@H]7CN(C(C)=O)C[C@@H]57)CCC6)nc4c3F)c12. The first-order chi connectivity index (χ1) is 27.4. The zero-order valence-corrected chi connectivity index (χ0v) is 32.6. The molecule has 5 fully saturated rings. The van der Waals surface area contributed by atoms with Crippen LogP contribution >= 0.6 is 0 Å². The lowest BCUT2D eigenvalue weighted by atomic mass is 9.75. The molecule has 300 valence electrons. The number of anilines is 1. The molecule has 2 aromatic heterocycles. The summed E-state index contributed by atoms with van der Waals surface area (Å²) < 4.78 is 50.6. The van der Waals surface area contributed by atoms with E-state index in [4.69, 9.17) is 30.6 Å². The molecule has 0 bridgehead atoms. The van der Waals surface area contributed by atoms with Crippen molar-refractivity contribution >= 4 is 33.4 Å². The van der Waals surface area contributed by atoms with Crippen LogP contribution in [0.3, 0.4) is 0 Å². The number of likely N-dealkylation sites (tertiary alicyclic amines) is 2. The molecule has 4 aromatic rings. The number of pyridine rings is 1. The number of nitrogens with zero attached hydrogens (tertiary/aromatic N) is 6. The van der Waals surface area contributed by atoms with Crippen LogP contribution in [-0.4, -0.2) is 119 Å². The largest absolute Gasteiger partial charge is 0.508 e. The van der Waals surface area contributed by atoms with E-state index >= 15 is 8.78 Å². The van der Waals surface area contributed by atoms with Gasteiger partial charge in [0.1, 0.15) is 39.6 Å². The fourth-order valence-electron chi connectivity index (χ4n) is 10.5. The number of piperidine rings is 2. The van der Waals surface area contributed by atoms with Crippen molar-refractivity contribution in [3.8, 4) is 41.2 Å². The van der Waals surface area contributed by atoms with E-state index < -0.39 is 17.2 Å². The minimum atomic E-state index is -1.25. The van der Waals surface area contributed by atoms with Crippen LogP contribution in [0, 0.1) is 47.1 Å². The summed E-state index contributed by atoms with van der Waals surface area (Å²) in [6.07, 6.45) is 10.9. The number of phenols is 1. The second-order valence-electron chi connectivity index (χ2n) is 17.0. The molecule has 6 atom stereocenters. The fraction of sp³-hybridized carbons (Fsp3) is 0.535. The molecule has 12 nitrogen and oxygen atoms in total. The van der Waals surface area contributed by atoms with Crippen LogP contribution in [-0.2, 0) is 9.53 Å². The van der Waals surface area contributed by atoms with E-state index in [1.807, 2.05) is 9.80 Å². The van der Waals surface area contributed by atoms with Gasteiger partial charge in [0.15, 0.2) is 5.82 Å². The van der Waals surface area contributed by atoms with Crippen LogP contribution in [0.5, 0.6) is 17.6 Å². The number of aromatic nitrogens is 3. The molecule has 2 saturated carbocycles. The first kappa shape index (κ1) is 37.7. The number of β-amino-alcohol motifs (C(OH)–C–C–N with tert-alkyl or cyclic N) is 1. The summed E-state index contributed by atoms with van der Waals surface area (Å²) in [5, 5.41) is 22.7. The third-order valence-electron chi connectivity index (χ3n) is 13.3. The van der Waals surface area contributed by atoms with Gasteiger partial charge in [-0.1, -0.05) is 18.4 Å². The van der Waals surface area contributed by atoms with Crippen molar-refractivity contribution < 1.29 is 38.0 Å². The lowest BCUT2D eigenvalue weighted by Gasteiger charge is -2.46. The second kappa shape index (κ2) is 14.2. The Bertz CT molecular complexity index is 2310. The third kappa shape index (κ3) is 6.57. The van der Waals surface area contributed by atoms with Gasteiger partial charge in [-0.2, -0.15) is 9.97 Å². The van der Waals surface area contributed by atoms with Crippen LogP contribution in [0.15, 0.2) is 24.3 Å². The van der Waals surface area contributed by atoms with Crippen molar-refractivity contribution in [2.24, 2.45) is 23.2 Å². The lowest BCUT2D eigenvalue weighted by Crippen LogP contribution is -2.52. The van der Waals surface area contributed by atoms with Gasteiger partial charge in [-0.05, 0) is 80.5 Å². The summed E-state index contributed by atoms with van der Waals surface area (Å²) in [7, 11) is 1.40. The Hall–Kier alpha value is -4.84. The Labute approximate surface area is 330 Å². The van der Waals surface area contributed by atoms with Gasteiger partial charge in [0, 0.05) is 55.5 Å². The molecule has 1 unspecified atom stereocenters. The minimum Gasteiger partial charge on any atom is -0.508 e. The van der Waals surface area contributed by atoms with Gasteiger partial charge >= 0.3 is 6.01 Å². The lowest BCUT2D eigenvalue weighted by molar-refractivity contribution is -0.128. The standard InChI is InChI=1S/C43H48F2N6O6/c1-5-27-32(44)10-9-25-16-26(53)17-28(34(25)27)37-36(45)38-35(40(46-37)55-4)39(50-14-15-56-22-42(3,54)21-50)48-41(47-38)57-23-43-11-6-8-33(43)49(13-7-12-43)18-29-30-19-51(24(2)52)20-31(29)30/h1,9-10,16-17,29-31,33,53-54H,6-8,11-15,18-23H2,2-4H3/t29?,30-,31+,33-,42+,43-/m1/s1. The van der Waals surface area contributed by atoms with Gasteiger partial charge in [0.25, 0.3) is 0 Å². The number of hydrogen-bond acceptors (Lipinski definition) is 11. The minimum absolute atomic E-state index is 0.0171. The monoisotopic (exact) mass is 782 g/mol. The van der Waals surface area contributed by atoms with E-state index in [1.54, 1.807) is 13.8 Å². The predicted octanol–water partition coefficient (Wildman–Crippen LogP) is 5.14. The first-order valence-electron chi connectivity index (χ1n) is 19.9.